The molecular formula is C12H9Cl3N2S. The Bertz CT molecular complexity index is 555. The standard InChI is InChI=1S/C12H9Cl3N2S/c1-2-11-16-10(15)6-12(17-11)18-9-4-7(13)3-8(14)5-9/h3-6H,2H2,1H3. The predicted molar refractivity (Wildman–Crippen MR) is 77.0 cm³/mol. The van der Waals surface area contributed by atoms with Crippen LogP contribution >= 0.6 is 46.6 Å². The molecule has 0 bridgehead atoms. The van der Waals surface area contributed by atoms with Gasteiger partial charge in [-0.1, -0.05) is 53.5 Å². The number of nitrogens with zero attached hydrogens (tertiary/aromatic N) is 2. The Morgan fingerprint density at radius 1 is 1.00 bits per heavy atom. The molecule has 2 rings (SSSR count). The minimum absolute atomic E-state index is 0.442. The van der Waals surface area contributed by atoms with E-state index >= 15 is 0 Å². The molecule has 0 spiro atoms. The van der Waals surface area contributed by atoms with Crippen LogP contribution in [0.25, 0.3) is 0 Å². The maximum absolute atomic E-state index is 5.95. The number of rotatable bonds is 3. The van der Waals surface area contributed by atoms with Gasteiger partial charge in [0.05, 0.1) is 0 Å². The number of hydrogen-bond acceptors (Lipinski definition) is 3. The first-order chi connectivity index (χ1) is 8.56. The lowest BCUT2D eigenvalue weighted by atomic mass is 10.4. The fraction of sp³-hybridized carbons (Fsp3) is 0.167. The van der Waals surface area contributed by atoms with Crippen molar-refractivity contribution in [3.8, 4) is 0 Å². The highest BCUT2D eigenvalue weighted by molar-refractivity contribution is 7.99. The Morgan fingerprint density at radius 2 is 1.67 bits per heavy atom. The number of benzene rings is 1. The molecule has 0 amide bonds. The second kappa shape index (κ2) is 6.11. The molecule has 6 heteroatoms. The lowest BCUT2D eigenvalue weighted by Gasteiger charge is -2.04. The minimum Gasteiger partial charge on any atom is -0.226 e. The molecule has 2 aromatic rings. The first-order valence-electron chi connectivity index (χ1n) is 5.24. The monoisotopic (exact) mass is 318 g/mol. The number of aryl methyl sites for hydroxylation is 1. The van der Waals surface area contributed by atoms with Gasteiger partial charge in [0.25, 0.3) is 0 Å². The van der Waals surface area contributed by atoms with Crippen LogP contribution in [-0.2, 0) is 6.42 Å². The van der Waals surface area contributed by atoms with Crippen LogP contribution in [0.5, 0.6) is 0 Å². The van der Waals surface area contributed by atoms with E-state index in [1.165, 1.54) is 11.8 Å². The molecule has 0 N–H and O–H groups in total. The molecule has 0 aliphatic heterocycles. The van der Waals surface area contributed by atoms with Gasteiger partial charge in [-0.25, -0.2) is 9.97 Å². The van der Waals surface area contributed by atoms with E-state index in [2.05, 4.69) is 9.97 Å². The van der Waals surface area contributed by atoms with E-state index in [0.717, 1.165) is 22.2 Å². The normalized spacial score (nSPS) is 10.7. The molecule has 1 aromatic carbocycles. The van der Waals surface area contributed by atoms with Crippen molar-refractivity contribution in [2.75, 3.05) is 0 Å². The SMILES string of the molecule is CCc1nc(Cl)cc(Sc2cc(Cl)cc(Cl)c2)n1. The average molecular weight is 320 g/mol. The smallest absolute Gasteiger partial charge is 0.133 e. The summed E-state index contributed by atoms with van der Waals surface area (Å²) in [5.41, 5.74) is 0. The number of halogens is 3. The topological polar surface area (TPSA) is 25.8 Å². The summed E-state index contributed by atoms with van der Waals surface area (Å²) in [7, 11) is 0. The van der Waals surface area contributed by atoms with Gasteiger partial charge in [-0.2, -0.15) is 0 Å². The second-order valence-corrected chi connectivity index (χ2v) is 5.86. The minimum atomic E-state index is 0.442. The zero-order valence-corrected chi connectivity index (χ0v) is 12.5. The van der Waals surface area contributed by atoms with E-state index in [9.17, 15) is 0 Å². The summed E-state index contributed by atoms with van der Waals surface area (Å²) in [4.78, 5) is 9.43. The molecule has 0 aliphatic rings. The summed E-state index contributed by atoms with van der Waals surface area (Å²) >= 11 is 19.3. The Hall–Kier alpha value is -0.480. The van der Waals surface area contributed by atoms with Gasteiger partial charge in [0.1, 0.15) is 16.0 Å². The van der Waals surface area contributed by atoms with Crippen LogP contribution in [0.1, 0.15) is 12.7 Å². The number of hydrogen-bond donors (Lipinski definition) is 0. The quantitative estimate of drug-likeness (QED) is 0.732. The third kappa shape index (κ3) is 3.75. The van der Waals surface area contributed by atoms with Crippen LogP contribution in [0.4, 0.5) is 0 Å². The zero-order chi connectivity index (χ0) is 13.1. The third-order valence-electron chi connectivity index (χ3n) is 2.09. The summed E-state index contributed by atoms with van der Waals surface area (Å²) < 4.78 is 0. The summed E-state index contributed by atoms with van der Waals surface area (Å²) in [6.45, 7) is 1.98. The Kier molecular flexibility index (Phi) is 4.73. The summed E-state index contributed by atoms with van der Waals surface area (Å²) in [5.74, 6) is 0.720. The fourth-order valence-corrected chi connectivity index (χ4v) is 3.22. The highest BCUT2D eigenvalue weighted by atomic mass is 35.5. The van der Waals surface area contributed by atoms with E-state index in [-0.39, 0.29) is 0 Å². The van der Waals surface area contributed by atoms with Gasteiger partial charge in [0.2, 0.25) is 0 Å². The van der Waals surface area contributed by atoms with E-state index in [1.807, 2.05) is 19.1 Å². The molecular weight excluding hydrogens is 311 g/mol. The van der Waals surface area contributed by atoms with Crippen LogP contribution in [-0.4, -0.2) is 9.97 Å². The molecule has 0 aliphatic carbocycles. The molecule has 0 fully saturated rings. The van der Waals surface area contributed by atoms with E-state index in [1.54, 1.807) is 12.1 Å². The van der Waals surface area contributed by atoms with Gasteiger partial charge in [-0.15, -0.1) is 0 Å². The van der Waals surface area contributed by atoms with Crippen LogP contribution in [0.2, 0.25) is 15.2 Å². The maximum atomic E-state index is 5.95. The zero-order valence-electron chi connectivity index (χ0n) is 9.45. The van der Waals surface area contributed by atoms with Gasteiger partial charge >= 0.3 is 0 Å². The molecule has 1 aromatic heterocycles. The van der Waals surface area contributed by atoms with Crippen LogP contribution in [0, 0.1) is 0 Å². The predicted octanol–water partition coefficient (Wildman–Crippen LogP) is 5.15. The van der Waals surface area contributed by atoms with Crippen molar-refractivity contribution in [1.82, 2.24) is 9.97 Å². The highest BCUT2D eigenvalue weighted by Crippen LogP contribution is 2.31. The van der Waals surface area contributed by atoms with Gasteiger partial charge in [-0.3, -0.25) is 0 Å². The van der Waals surface area contributed by atoms with Gasteiger partial charge in [-0.05, 0) is 18.2 Å². The van der Waals surface area contributed by atoms with Crippen molar-refractivity contribution >= 4 is 46.6 Å². The van der Waals surface area contributed by atoms with Gasteiger partial charge in [0.15, 0.2) is 0 Å². The molecule has 0 saturated carbocycles. The van der Waals surface area contributed by atoms with Crippen LogP contribution in [0.3, 0.4) is 0 Å². The second-order valence-electron chi connectivity index (χ2n) is 3.51. The summed E-state index contributed by atoms with van der Waals surface area (Å²) in [6, 6.07) is 7.08. The van der Waals surface area contributed by atoms with Crippen molar-refractivity contribution in [3.63, 3.8) is 0 Å². The maximum Gasteiger partial charge on any atom is 0.133 e. The number of aromatic nitrogens is 2. The van der Waals surface area contributed by atoms with Crippen molar-refractivity contribution in [2.24, 2.45) is 0 Å². The highest BCUT2D eigenvalue weighted by Gasteiger charge is 2.05. The third-order valence-corrected chi connectivity index (χ3v) is 3.61. The first-order valence-corrected chi connectivity index (χ1v) is 7.19. The molecule has 0 unspecified atom stereocenters. The molecule has 2 nitrogen and oxygen atoms in total. The molecule has 94 valence electrons. The van der Waals surface area contributed by atoms with Crippen molar-refractivity contribution in [3.05, 3.63) is 45.3 Å². The van der Waals surface area contributed by atoms with Gasteiger partial charge in [0, 0.05) is 27.4 Å². The van der Waals surface area contributed by atoms with Crippen molar-refractivity contribution < 1.29 is 0 Å². The molecule has 0 radical (unpaired) electrons. The Morgan fingerprint density at radius 3 is 2.28 bits per heavy atom. The van der Waals surface area contributed by atoms with Crippen molar-refractivity contribution in [2.45, 2.75) is 23.3 Å². The fourth-order valence-electron chi connectivity index (χ4n) is 1.36. The lowest BCUT2D eigenvalue weighted by molar-refractivity contribution is 0.889. The Labute approximate surface area is 125 Å². The Balaban J connectivity index is 2.30. The van der Waals surface area contributed by atoms with Crippen molar-refractivity contribution in [1.29, 1.82) is 0 Å². The average Bonchev–Trinajstić information content (AvgIpc) is 2.26. The first kappa shape index (κ1) is 13.9. The lowest BCUT2D eigenvalue weighted by Crippen LogP contribution is -1.94. The summed E-state index contributed by atoms with van der Waals surface area (Å²) in [5, 5.41) is 2.42. The largest absolute Gasteiger partial charge is 0.226 e. The molecule has 0 atom stereocenters. The molecule has 18 heavy (non-hydrogen) atoms. The molecule has 1 heterocycles. The summed E-state index contributed by atoms with van der Waals surface area (Å²) in [6.07, 6.45) is 0.740. The van der Waals surface area contributed by atoms with Gasteiger partial charge < -0.3 is 0 Å². The van der Waals surface area contributed by atoms with E-state index in [0.29, 0.717) is 15.2 Å². The van der Waals surface area contributed by atoms with E-state index < -0.39 is 0 Å². The van der Waals surface area contributed by atoms with E-state index in [4.69, 9.17) is 34.8 Å². The van der Waals surface area contributed by atoms with Crippen LogP contribution in [0.15, 0.2) is 34.2 Å². The van der Waals surface area contributed by atoms with Crippen LogP contribution < -0.4 is 0 Å². The molecule has 0 saturated heterocycles.